The molecule has 1 N–H and O–H groups in total. The van der Waals surface area contributed by atoms with Gasteiger partial charge in [-0.25, -0.2) is 4.39 Å². The topological polar surface area (TPSA) is 40.5 Å². The van der Waals surface area contributed by atoms with E-state index in [4.69, 9.17) is 5.11 Å². The zero-order valence-electron chi connectivity index (χ0n) is 10.4. The minimum absolute atomic E-state index is 0.0259. The quantitative estimate of drug-likeness (QED) is 0.857. The number of benzene rings is 1. The van der Waals surface area contributed by atoms with Crippen LogP contribution in [0.1, 0.15) is 19.4 Å². The van der Waals surface area contributed by atoms with Gasteiger partial charge in [0.1, 0.15) is 11.9 Å². The van der Waals surface area contributed by atoms with Gasteiger partial charge < -0.3 is 5.11 Å². The number of likely N-dealkylation sites (N-methyl/N-ethyl adjacent to an activating group) is 1. The maximum absolute atomic E-state index is 12.7. The van der Waals surface area contributed by atoms with E-state index in [-0.39, 0.29) is 11.7 Å². The summed E-state index contributed by atoms with van der Waals surface area (Å²) in [6.45, 7) is 4.25. The Morgan fingerprint density at radius 3 is 2.29 bits per heavy atom. The number of halogens is 1. The van der Waals surface area contributed by atoms with Gasteiger partial charge in [-0.15, -0.1) is 0 Å². The summed E-state index contributed by atoms with van der Waals surface area (Å²) in [7, 11) is 1.77. The molecule has 1 rings (SSSR count). The molecule has 0 aliphatic rings. The molecule has 3 nitrogen and oxygen atoms in total. The van der Waals surface area contributed by atoms with Crippen molar-refractivity contribution in [2.24, 2.45) is 5.92 Å². The standard InChI is InChI=1S/C13H18FNO2/c1-9(2)12(13(16)17)15(3)8-10-4-6-11(14)7-5-10/h4-7,9,12H,8H2,1-3H3,(H,16,17). The third kappa shape index (κ3) is 3.82. The molecule has 4 heteroatoms. The van der Waals surface area contributed by atoms with E-state index in [1.54, 1.807) is 24.1 Å². The first-order valence-corrected chi connectivity index (χ1v) is 5.59. The SMILES string of the molecule is CC(C)C(C(=O)O)N(C)Cc1ccc(F)cc1. The van der Waals surface area contributed by atoms with Crippen LogP contribution >= 0.6 is 0 Å². The number of carboxylic acid groups (broad SMARTS) is 1. The number of hydrogen-bond acceptors (Lipinski definition) is 2. The minimum atomic E-state index is -0.829. The van der Waals surface area contributed by atoms with Gasteiger partial charge >= 0.3 is 5.97 Å². The molecule has 1 atom stereocenters. The Hall–Kier alpha value is -1.42. The van der Waals surface area contributed by atoms with Gasteiger partial charge in [-0.1, -0.05) is 26.0 Å². The summed E-state index contributed by atoms with van der Waals surface area (Å²) in [6, 6.07) is 5.58. The van der Waals surface area contributed by atoms with Crippen LogP contribution in [0.15, 0.2) is 24.3 Å². The molecule has 0 fully saturated rings. The first-order chi connectivity index (χ1) is 7.91. The van der Waals surface area contributed by atoms with Crippen molar-refractivity contribution < 1.29 is 14.3 Å². The van der Waals surface area contributed by atoms with E-state index in [9.17, 15) is 9.18 Å². The van der Waals surface area contributed by atoms with Crippen LogP contribution < -0.4 is 0 Å². The van der Waals surface area contributed by atoms with Gasteiger partial charge in [0.15, 0.2) is 0 Å². The summed E-state index contributed by atoms with van der Waals surface area (Å²) in [5.74, 6) is -1.09. The Morgan fingerprint density at radius 2 is 1.88 bits per heavy atom. The van der Waals surface area contributed by atoms with Crippen LogP contribution in [0, 0.1) is 11.7 Å². The van der Waals surface area contributed by atoms with Crippen LogP contribution in [0.2, 0.25) is 0 Å². The summed E-state index contributed by atoms with van der Waals surface area (Å²) < 4.78 is 12.7. The van der Waals surface area contributed by atoms with Crippen molar-refractivity contribution in [2.75, 3.05) is 7.05 Å². The highest BCUT2D eigenvalue weighted by Crippen LogP contribution is 2.13. The minimum Gasteiger partial charge on any atom is -0.480 e. The van der Waals surface area contributed by atoms with E-state index in [1.807, 2.05) is 13.8 Å². The molecule has 0 bridgehead atoms. The summed E-state index contributed by atoms with van der Waals surface area (Å²) >= 11 is 0. The van der Waals surface area contributed by atoms with E-state index in [0.29, 0.717) is 6.54 Å². The molecule has 17 heavy (non-hydrogen) atoms. The van der Waals surface area contributed by atoms with Gasteiger partial charge in [0.2, 0.25) is 0 Å². The fourth-order valence-corrected chi connectivity index (χ4v) is 1.96. The molecule has 0 aromatic heterocycles. The summed E-state index contributed by atoms with van der Waals surface area (Å²) in [5.41, 5.74) is 0.904. The molecule has 0 radical (unpaired) electrons. The largest absolute Gasteiger partial charge is 0.480 e. The van der Waals surface area contributed by atoms with Gasteiger partial charge in [-0.05, 0) is 30.7 Å². The van der Waals surface area contributed by atoms with Gasteiger partial charge in [0.05, 0.1) is 0 Å². The lowest BCUT2D eigenvalue weighted by Crippen LogP contribution is -2.41. The molecule has 1 aromatic rings. The van der Waals surface area contributed by atoms with E-state index >= 15 is 0 Å². The molecule has 0 amide bonds. The Balaban J connectivity index is 2.73. The highest BCUT2D eigenvalue weighted by Gasteiger charge is 2.25. The number of rotatable bonds is 5. The number of carbonyl (C=O) groups is 1. The van der Waals surface area contributed by atoms with Crippen LogP contribution in [0.25, 0.3) is 0 Å². The van der Waals surface area contributed by atoms with E-state index in [2.05, 4.69) is 0 Å². The smallest absolute Gasteiger partial charge is 0.321 e. The molecular formula is C13H18FNO2. The molecular weight excluding hydrogens is 221 g/mol. The lowest BCUT2D eigenvalue weighted by Gasteiger charge is -2.27. The highest BCUT2D eigenvalue weighted by molar-refractivity contribution is 5.73. The normalized spacial score (nSPS) is 13.1. The van der Waals surface area contributed by atoms with Gasteiger partial charge in [0, 0.05) is 6.54 Å². The van der Waals surface area contributed by atoms with Crippen LogP contribution in [-0.4, -0.2) is 29.1 Å². The van der Waals surface area contributed by atoms with Crippen LogP contribution in [0.4, 0.5) is 4.39 Å². The van der Waals surface area contributed by atoms with Crippen molar-refractivity contribution in [1.82, 2.24) is 4.90 Å². The van der Waals surface area contributed by atoms with Crippen molar-refractivity contribution >= 4 is 5.97 Å². The maximum atomic E-state index is 12.7. The van der Waals surface area contributed by atoms with Crippen LogP contribution in [0.5, 0.6) is 0 Å². The maximum Gasteiger partial charge on any atom is 0.321 e. The molecule has 94 valence electrons. The third-order valence-corrected chi connectivity index (χ3v) is 2.70. The second kappa shape index (κ2) is 5.77. The lowest BCUT2D eigenvalue weighted by atomic mass is 10.0. The zero-order valence-corrected chi connectivity index (χ0v) is 10.4. The van der Waals surface area contributed by atoms with Gasteiger partial charge in [0.25, 0.3) is 0 Å². The number of carboxylic acids is 1. The van der Waals surface area contributed by atoms with Crippen molar-refractivity contribution in [3.05, 3.63) is 35.6 Å². The van der Waals surface area contributed by atoms with E-state index in [0.717, 1.165) is 5.56 Å². The molecule has 0 heterocycles. The van der Waals surface area contributed by atoms with Crippen molar-refractivity contribution in [1.29, 1.82) is 0 Å². The van der Waals surface area contributed by atoms with Gasteiger partial charge in [-0.3, -0.25) is 9.69 Å². The number of hydrogen-bond donors (Lipinski definition) is 1. The van der Waals surface area contributed by atoms with E-state index < -0.39 is 12.0 Å². The predicted octanol–water partition coefficient (Wildman–Crippen LogP) is 2.37. The third-order valence-electron chi connectivity index (χ3n) is 2.70. The van der Waals surface area contributed by atoms with E-state index in [1.165, 1.54) is 12.1 Å². The second-order valence-electron chi connectivity index (χ2n) is 4.57. The van der Waals surface area contributed by atoms with Crippen molar-refractivity contribution in [2.45, 2.75) is 26.4 Å². The average Bonchev–Trinajstić information content (AvgIpc) is 2.20. The molecule has 1 unspecified atom stereocenters. The molecule has 0 spiro atoms. The number of aliphatic carboxylic acids is 1. The summed E-state index contributed by atoms with van der Waals surface area (Å²) in [4.78, 5) is 12.9. The molecule has 0 saturated heterocycles. The fraction of sp³-hybridized carbons (Fsp3) is 0.462. The monoisotopic (exact) mass is 239 g/mol. The Labute approximate surface area is 101 Å². The Morgan fingerprint density at radius 1 is 1.35 bits per heavy atom. The van der Waals surface area contributed by atoms with Crippen LogP contribution in [-0.2, 0) is 11.3 Å². The zero-order chi connectivity index (χ0) is 13.0. The first kappa shape index (κ1) is 13.6. The lowest BCUT2D eigenvalue weighted by molar-refractivity contribution is -0.144. The second-order valence-corrected chi connectivity index (χ2v) is 4.57. The Kier molecular flexibility index (Phi) is 4.63. The molecule has 0 aliphatic heterocycles. The molecule has 0 saturated carbocycles. The molecule has 1 aromatic carbocycles. The summed E-state index contributed by atoms with van der Waals surface area (Å²) in [6.07, 6.45) is 0. The van der Waals surface area contributed by atoms with Crippen LogP contribution in [0.3, 0.4) is 0 Å². The van der Waals surface area contributed by atoms with Crippen molar-refractivity contribution in [3.63, 3.8) is 0 Å². The average molecular weight is 239 g/mol. The highest BCUT2D eigenvalue weighted by atomic mass is 19.1. The van der Waals surface area contributed by atoms with Crippen molar-refractivity contribution in [3.8, 4) is 0 Å². The Bertz CT molecular complexity index is 376. The fourth-order valence-electron chi connectivity index (χ4n) is 1.96. The van der Waals surface area contributed by atoms with Gasteiger partial charge in [-0.2, -0.15) is 0 Å². The predicted molar refractivity (Wildman–Crippen MR) is 64.1 cm³/mol. The first-order valence-electron chi connectivity index (χ1n) is 5.59. The summed E-state index contributed by atoms with van der Waals surface area (Å²) in [5, 5.41) is 9.13. The molecule has 0 aliphatic carbocycles. The number of nitrogens with zero attached hydrogens (tertiary/aromatic N) is 1.